The van der Waals surface area contributed by atoms with Gasteiger partial charge in [0.2, 0.25) is 0 Å². The van der Waals surface area contributed by atoms with E-state index in [0.717, 1.165) is 22.7 Å². The van der Waals surface area contributed by atoms with Crippen molar-refractivity contribution in [3.8, 4) is 39.1 Å². The molecular weight excluding hydrogens is 793 g/mol. The van der Waals surface area contributed by atoms with E-state index in [4.69, 9.17) is 0 Å². The average Bonchev–Trinajstić information content (AvgIpc) is 4.09. The summed E-state index contributed by atoms with van der Waals surface area (Å²) in [4.78, 5) is 2.55. The van der Waals surface area contributed by atoms with Crippen LogP contribution in [-0.2, 0) is 5.41 Å². The zero-order valence-corrected chi connectivity index (χ0v) is 35.6. The van der Waals surface area contributed by atoms with Gasteiger partial charge in [0.05, 0.1) is 27.8 Å². The number of anilines is 3. The van der Waals surface area contributed by atoms with Crippen LogP contribution < -0.4 is 4.90 Å². The van der Waals surface area contributed by atoms with Gasteiger partial charge in [0, 0.05) is 47.9 Å². The fraction of sp³-hybridized carbons (Fsp3) is 0.0164. The molecule has 0 saturated carbocycles. The number of nitrogens with zero attached hydrogens (tertiary/aromatic N) is 2. The summed E-state index contributed by atoms with van der Waals surface area (Å²) in [6.07, 6.45) is 0. The van der Waals surface area contributed by atoms with Gasteiger partial charge in [0.15, 0.2) is 0 Å². The van der Waals surface area contributed by atoms with E-state index in [1.807, 2.05) is 11.3 Å². The maximum atomic E-state index is 2.55. The summed E-state index contributed by atoms with van der Waals surface area (Å²) in [6, 6.07) is 85.8. The first-order valence-electron chi connectivity index (χ1n) is 22.1. The zero-order chi connectivity index (χ0) is 41.9. The van der Waals surface area contributed by atoms with Gasteiger partial charge in [-0.3, -0.25) is 0 Å². The summed E-state index contributed by atoms with van der Waals surface area (Å²) in [6.45, 7) is 0. The molecular formula is C61H38N2S. The molecule has 2 aliphatic carbocycles. The van der Waals surface area contributed by atoms with Crippen molar-refractivity contribution in [1.29, 1.82) is 0 Å². The summed E-state index contributed by atoms with van der Waals surface area (Å²) in [5.74, 6) is 0. The maximum absolute atomic E-state index is 2.55. The Hall–Kier alpha value is -7.98. The fourth-order valence-corrected chi connectivity index (χ4v) is 12.6. The Balaban J connectivity index is 1.05. The quantitative estimate of drug-likeness (QED) is 0.168. The van der Waals surface area contributed by atoms with Crippen molar-refractivity contribution < 1.29 is 0 Å². The van der Waals surface area contributed by atoms with Crippen LogP contribution >= 0.6 is 11.3 Å². The second-order valence-electron chi connectivity index (χ2n) is 17.1. The standard InChI is InChI=1S/C61H38N2S/c1-2-16-41(17-3-1)62-53-27-12-7-22-47(53)60-55(62)29-15-30-56(60)63(42-35-32-39(33-36-42)40-34-37-58-48(38-40)45-20-8-13-31-57(45)64-58)54-28-14-26-52-59(54)46-21-6-11-25-51(46)61(52)49-23-9-4-18-43(49)44-19-5-10-24-50(44)61/h1-38H. The van der Waals surface area contributed by atoms with Crippen molar-refractivity contribution in [3.05, 3.63) is 253 Å². The van der Waals surface area contributed by atoms with Gasteiger partial charge in [0.25, 0.3) is 0 Å². The molecule has 0 radical (unpaired) electrons. The first-order valence-corrected chi connectivity index (χ1v) is 22.9. The lowest BCUT2D eigenvalue weighted by Gasteiger charge is -2.32. The third-order valence-electron chi connectivity index (χ3n) is 14.0. The van der Waals surface area contributed by atoms with Crippen LogP contribution in [-0.4, -0.2) is 4.57 Å². The van der Waals surface area contributed by atoms with Crippen LogP contribution in [0.5, 0.6) is 0 Å². The van der Waals surface area contributed by atoms with Crippen LogP contribution in [0.1, 0.15) is 22.3 Å². The van der Waals surface area contributed by atoms with Gasteiger partial charge >= 0.3 is 0 Å². The van der Waals surface area contributed by atoms with E-state index >= 15 is 0 Å². The largest absolute Gasteiger partial charge is 0.309 e. The molecule has 298 valence electrons. The molecule has 3 heteroatoms. The highest BCUT2D eigenvalue weighted by Crippen LogP contribution is 2.65. The first-order chi connectivity index (χ1) is 31.8. The summed E-state index contributed by atoms with van der Waals surface area (Å²) < 4.78 is 5.07. The molecule has 0 bridgehead atoms. The Morgan fingerprint density at radius 3 is 1.72 bits per heavy atom. The van der Waals surface area contributed by atoms with E-state index in [1.54, 1.807) is 0 Å². The van der Waals surface area contributed by atoms with Gasteiger partial charge in [-0.15, -0.1) is 11.3 Å². The van der Waals surface area contributed by atoms with Crippen molar-refractivity contribution in [2.45, 2.75) is 5.41 Å². The molecule has 0 fully saturated rings. The Labute approximate surface area is 375 Å². The summed E-state index contributed by atoms with van der Waals surface area (Å²) in [5.41, 5.74) is 19.4. The predicted octanol–water partition coefficient (Wildman–Crippen LogP) is 16.6. The van der Waals surface area contributed by atoms with E-state index in [1.165, 1.54) is 97.6 Å². The topological polar surface area (TPSA) is 8.17 Å². The van der Waals surface area contributed by atoms with Crippen molar-refractivity contribution in [1.82, 2.24) is 4.57 Å². The number of benzene rings is 10. The smallest absolute Gasteiger partial charge is 0.0726 e. The molecule has 64 heavy (non-hydrogen) atoms. The minimum atomic E-state index is -0.454. The normalized spacial score (nSPS) is 13.1. The summed E-state index contributed by atoms with van der Waals surface area (Å²) >= 11 is 1.86. The molecule has 10 aromatic carbocycles. The zero-order valence-electron chi connectivity index (χ0n) is 34.7. The van der Waals surface area contributed by atoms with E-state index in [0.29, 0.717) is 0 Å². The van der Waals surface area contributed by atoms with Crippen molar-refractivity contribution in [2.75, 3.05) is 4.90 Å². The molecule has 0 N–H and O–H groups in total. The van der Waals surface area contributed by atoms with E-state index in [2.05, 4.69) is 240 Å². The minimum Gasteiger partial charge on any atom is -0.309 e. The SMILES string of the molecule is c1ccc(-n2c3ccccc3c3c(N(c4ccc(-c5ccc6sc7ccccc7c6c5)cc4)c4cccc5c4-c4ccccc4C54c5ccccc5-c5ccccc54)cccc32)cc1. The Morgan fingerprint density at radius 2 is 0.938 bits per heavy atom. The van der Waals surface area contributed by atoms with Crippen LogP contribution in [0.25, 0.3) is 81.0 Å². The fourth-order valence-electron chi connectivity index (χ4n) is 11.5. The monoisotopic (exact) mass is 830 g/mol. The van der Waals surface area contributed by atoms with Gasteiger partial charge in [-0.05, 0) is 117 Å². The number of hydrogen-bond donors (Lipinski definition) is 0. The third-order valence-corrected chi connectivity index (χ3v) is 15.2. The number of thiophene rings is 1. The molecule has 12 aromatic rings. The molecule has 2 aliphatic rings. The predicted molar refractivity (Wildman–Crippen MR) is 270 cm³/mol. The average molecular weight is 831 g/mol. The maximum Gasteiger partial charge on any atom is 0.0726 e. The number of fused-ring (bicyclic) bond motifs is 16. The van der Waals surface area contributed by atoms with Gasteiger partial charge in [-0.25, -0.2) is 0 Å². The number of aromatic nitrogens is 1. The van der Waals surface area contributed by atoms with E-state index in [-0.39, 0.29) is 0 Å². The van der Waals surface area contributed by atoms with E-state index in [9.17, 15) is 0 Å². The molecule has 2 heterocycles. The summed E-state index contributed by atoms with van der Waals surface area (Å²) in [5, 5.41) is 5.07. The van der Waals surface area contributed by atoms with Crippen LogP contribution in [0.15, 0.2) is 231 Å². The Morgan fingerprint density at radius 1 is 0.375 bits per heavy atom. The Bertz CT molecular complexity index is 3810. The molecule has 0 amide bonds. The lowest BCUT2D eigenvalue weighted by atomic mass is 9.70. The van der Waals surface area contributed by atoms with Crippen LogP contribution in [0.2, 0.25) is 0 Å². The van der Waals surface area contributed by atoms with Gasteiger partial charge in [-0.1, -0.05) is 164 Å². The van der Waals surface area contributed by atoms with Gasteiger partial charge < -0.3 is 9.47 Å². The first kappa shape index (κ1) is 35.6. The molecule has 0 saturated heterocycles. The molecule has 2 aromatic heterocycles. The van der Waals surface area contributed by atoms with Crippen LogP contribution in [0.3, 0.4) is 0 Å². The molecule has 1 spiro atoms. The van der Waals surface area contributed by atoms with Gasteiger partial charge in [-0.2, -0.15) is 0 Å². The number of hydrogen-bond acceptors (Lipinski definition) is 2. The molecule has 14 rings (SSSR count). The molecule has 0 unspecified atom stereocenters. The van der Waals surface area contributed by atoms with Gasteiger partial charge in [0.1, 0.15) is 0 Å². The molecule has 0 aliphatic heterocycles. The highest BCUT2D eigenvalue weighted by Gasteiger charge is 2.52. The van der Waals surface area contributed by atoms with Crippen LogP contribution in [0, 0.1) is 0 Å². The molecule has 2 nitrogen and oxygen atoms in total. The van der Waals surface area contributed by atoms with Crippen LogP contribution in [0.4, 0.5) is 17.1 Å². The molecule has 0 atom stereocenters. The van der Waals surface area contributed by atoms with Crippen molar-refractivity contribution >= 4 is 70.4 Å². The minimum absolute atomic E-state index is 0.454. The van der Waals surface area contributed by atoms with Crippen molar-refractivity contribution in [3.63, 3.8) is 0 Å². The number of para-hydroxylation sites is 2. The Kier molecular flexibility index (Phi) is 7.51. The van der Waals surface area contributed by atoms with Crippen molar-refractivity contribution in [2.24, 2.45) is 0 Å². The second kappa shape index (κ2) is 13.5. The second-order valence-corrected chi connectivity index (χ2v) is 18.2. The van der Waals surface area contributed by atoms with E-state index < -0.39 is 5.41 Å². The summed E-state index contributed by atoms with van der Waals surface area (Å²) in [7, 11) is 0. The lowest BCUT2D eigenvalue weighted by Crippen LogP contribution is -2.26. The number of rotatable bonds is 5. The third kappa shape index (κ3) is 4.79. The highest BCUT2D eigenvalue weighted by atomic mass is 32.1. The highest BCUT2D eigenvalue weighted by molar-refractivity contribution is 7.25. The lowest BCUT2D eigenvalue weighted by molar-refractivity contribution is 0.794.